The number of aromatic nitrogens is 2. The average molecular weight is 470 g/mol. The lowest BCUT2D eigenvalue weighted by Crippen LogP contribution is -2.47. The van der Waals surface area contributed by atoms with Crippen LogP contribution in [-0.4, -0.2) is 51.1 Å². The van der Waals surface area contributed by atoms with Crippen molar-refractivity contribution in [1.82, 2.24) is 19.8 Å². The van der Waals surface area contributed by atoms with Crippen molar-refractivity contribution >= 4 is 21.8 Å². The smallest absolute Gasteiger partial charge is 0.118 e. The first-order valence-electron chi connectivity index (χ1n) is 12.6. The number of halogens is 1. The normalized spacial score (nSPS) is 21.8. The Kier molecular flexibility index (Phi) is 5.24. The van der Waals surface area contributed by atoms with Crippen LogP contribution >= 0.6 is 0 Å². The Balaban J connectivity index is 1.40. The molecule has 1 saturated heterocycles. The van der Waals surface area contributed by atoms with Crippen molar-refractivity contribution in [1.29, 1.82) is 5.26 Å². The number of likely N-dealkylation sites (tertiary alicyclic amines) is 1. The minimum Gasteiger partial charge on any atom is -0.357 e. The molecule has 2 aromatic carbocycles. The number of nitrogens with zero attached hydrogens (tertiary/aromatic N) is 3. The molecule has 2 N–H and O–H groups in total. The summed E-state index contributed by atoms with van der Waals surface area (Å²) in [5.41, 5.74) is 5.85. The van der Waals surface area contributed by atoms with Crippen molar-refractivity contribution in [3.63, 3.8) is 0 Å². The summed E-state index contributed by atoms with van der Waals surface area (Å²) >= 11 is 0. The summed E-state index contributed by atoms with van der Waals surface area (Å²) in [5.74, 6) is 0.163. The summed E-state index contributed by atoms with van der Waals surface area (Å²) in [5, 5.41) is 11.5. The molecule has 5 nitrogen and oxygen atoms in total. The van der Waals surface area contributed by atoms with Crippen molar-refractivity contribution in [2.45, 2.75) is 51.5 Å². The van der Waals surface area contributed by atoms with Crippen LogP contribution in [0.25, 0.3) is 21.8 Å². The van der Waals surface area contributed by atoms with Crippen molar-refractivity contribution in [2.24, 2.45) is 5.92 Å². The van der Waals surface area contributed by atoms with Gasteiger partial charge in [-0.25, -0.2) is 4.39 Å². The Bertz CT molecular complexity index is 1430. The van der Waals surface area contributed by atoms with E-state index in [1.807, 2.05) is 0 Å². The summed E-state index contributed by atoms with van der Waals surface area (Å²) in [6.07, 6.45) is 0.905. The number of aromatic amines is 2. The molecule has 0 unspecified atom stereocenters. The number of benzene rings is 2. The molecular formula is C29H32FN5. The van der Waals surface area contributed by atoms with Gasteiger partial charge in [-0.3, -0.25) is 9.80 Å². The Hall–Kier alpha value is -3.14. The second-order valence-corrected chi connectivity index (χ2v) is 11.1. The van der Waals surface area contributed by atoms with Gasteiger partial charge in [-0.2, -0.15) is 5.26 Å². The number of rotatable bonds is 5. The van der Waals surface area contributed by atoms with Crippen molar-refractivity contribution in [3.8, 4) is 6.07 Å². The SMILES string of the molecule is C[C@@H]1Cc2c([nH]c3ccccc23)[C@@H](c2ccc3[nH]c(CN4CC(C#N)C4)cc3c2)N1CC(C)(C)F. The number of hydrogen-bond donors (Lipinski definition) is 2. The lowest BCUT2D eigenvalue weighted by atomic mass is 9.87. The Morgan fingerprint density at radius 3 is 2.66 bits per heavy atom. The van der Waals surface area contributed by atoms with Gasteiger partial charge in [0.15, 0.2) is 0 Å². The lowest BCUT2D eigenvalue weighted by Gasteiger charge is -2.43. The summed E-state index contributed by atoms with van der Waals surface area (Å²) in [6.45, 7) is 8.45. The monoisotopic (exact) mass is 469 g/mol. The third-order valence-electron chi connectivity index (χ3n) is 7.63. The first-order chi connectivity index (χ1) is 16.8. The van der Waals surface area contributed by atoms with E-state index in [0.29, 0.717) is 6.54 Å². The van der Waals surface area contributed by atoms with E-state index in [4.69, 9.17) is 5.26 Å². The van der Waals surface area contributed by atoms with Gasteiger partial charge in [0, 0.05) is 65.4 Å². The summed E-state index contributed by atoms with van der Waals surface area (Å²) < 4.78 is 15.0. The predicted molar refractivity (Wildman–Crippen MR) is 138 cm³/mol. The maximum absolute atomic E-state index is 15.0. The summed E-state index contributed by atoms with van der Waals surface area (Å²) in [7, 11) is 0. The van der Waals surface area contributed by atoms with Crippen LogP contribution in [-0.2, 0) is 13.0 Å². The van der Waals surface area contributed by atoms with Gasteiger partial charge in [0.05, 0.1) is 18.0 Å². The van der Waals surface area contributed by atoms with Crippen LogP contribution in [0.15, 0.2) is 48.5 Å². The number of nitrogens with one attached hydrogen (secondary N) is 2. The fourth-order valence-electron chi connectivity index (χ4n) is 6.03. The fraction of sp³-hybridized carbons (Fsp3) is 0.414. The minimum absolute atomic E-state index is 0.0364. The number of alkyl halides is 1. The number of H-pyrrole nitrogens is 2. The molecule has 35 heavy (non-hydrogen) atoms. The molecule has 1 fully saturated rings. The maximum atomic E-state index is 15.0. The molecule has 0 bridgehead atoms. The summed E-state index contributed by atoms with van der Waals surface area (Å²) in [4.78, 5) is 11.9. The van der Waals surface area contributed by atoms with E-state index < -0.39 is 5.67 Å². The van der Waals surface area contributed by atoms with Crippen molar-refractivity contribution in [2.75, 3.05) is 19.6 Å². The molecule has 6 rings (SSSR count). The van der Waals surface area contributed by atoms with Crippen LogP contribution in [0.2, 0.25) is 0 Å². The zero-order chi connectivity index (χ0) is 24.3. The fourth-order valence-corrected chi connectivity index (χ4v) is 6.03. The van der Waals surface area contributed by atoms with E-state index in [2.05, 4.69) is 81.3 Å². The highest BCUT2D eigenvalue weighted by atomic mass is 19.1. The molecule has 0 aliphatic carbocycles. The van der Waals surface area contributed by atoms with Crippen LogP contribution in [0.1, 0.15) is 49.3 Å². The highest BCUT2D eigenvalue weighted by Crippen LogP contribution is 2.42. The number of nitriles is 1. The topological polar surface area (TPSA) is 61.9 Å². The third-order valence-corrected chi connectivity index (χ3v) is 7.63. The minimum atomic E-state index is -1.29. The second-order valence-electron chi connectivity index (χ2n) is 11.1. The Morgan fingerprint density at radius 1 is 1.09 bits per heavy atom. The molecule has 0 amide bonds. The van der Waals surface area contributed by atoms with E-state index in [1.165, 1.54) is 33.3 Å². The quantitative estimate of drug-likeness (QED) is 0.395. The molecule has 4 heterocycles. The molecule has 2 aliphatic heterocycles. The van der Waals surface area contributed by atoms with Gasteiger partial charge in [0.2, 0.25) is 0 Å². The van der Waals surface area contributed by atoms with Crippen LogP contribution in [0.5, 0.6) is 0 Å². The van der Waals surface area contributed by atoms with Crippen LogP contribution in [0.3, 0.4) is 0 Å². The van der Waals surface area contributed by atoms with E-state index in [-0.39, 0.29) is 18.0 Å². The molecule has 2 aliphatic rings. The number of fused-ring (bicyclic) bond motifs is 4. The highest BCUT2D eigenvalue weighted by molar-refractivity contribution is 5.86. The lowest BCUT2D eigenvalue weighted by molar-refractivity contribution is 0.0668. The van der Waals surface area contributed by atoms with Crippen LogP contribution in [0.4, 0.5) is 4.39 Å². The van der Waals surface area contributed by atoms with E-state index in [0.717, 1.165) is 37.1 Å². The largest absolute Gasteiger partial charge is 0.357 e. The van der Waals surface area contributed by atoms with Gasteiger partial charge in [-0.15, -0.1) is 0 Å². The highest BCUT2D eigenvalue weighted by Gasteiger charge is 2.38. The Morgan fingerprint density at radius 2 is 1.89 bits per heavy atom. The third kappa shape index (κ3) is 4.03. The van der Waals surface area contributed by atoms with Crippen LogP contribution < -0.4 is 0 Å². The van der Waals surface area contributed by atoms with Crippen molar-refractivity contribution < 1.29 is 4.39 Å². The molecule has 2 aromatic heterocycles. The second kappa shape index (κ2) is 8.22. The van der Waals surface area contributed by atoms with Crippen molar-refractivity contribution in [3.05, 3.63) is 71.0 Å². The van der Waals surface area contributed by atoms with E-state index in [1.54, 1.807) is 13.8 Å². The van der Waals surface area contributed by atoms with Gasteiger partial charge in [-0.1, -0.05) is 24.3 Å². The van der Waals surface area contributed by atoms with E-state index >= 15 is 4.39 Å². The molecule has 0 saturated carbocycles. The summed E-state index contributed by atoms with van der Waals surface area (Å²) in [6, 6.07) is 19.8. The van der Waals surface area contributed by atoms with Gasteiger partial charge < -0.3 is 9.97 Å². The van der Waals surface area contributed by atoms with Crippen LogP contribution in [0, 0.1) is 17.2 Å². The molecule has 4 aromatic rings. The predicted octanol–water partition coefficient (Wildman–Crippen LogP) is 5.69. The first kappa shape index (κ1) is 22.3. The first-order valence-corrected chi connectivity index (χ1v) is 12.6. The number of hydrogen-bond acceptors (Lipinski definition) is 3. The Labute approximate surface area is 205 Å². The van der Waals surface area contributed by atoms with E-state index in [9.17, 15) is 0 Å². The zero-order valence-electron chi connectivity index (χ0n) is 20.6. The molecule has 180 valence electrons. The van der Waals surface area contributed by atoms with Gasteiger partial charge in [0.1, 0.15) is 5.67 Å². The number of para-hydroxylation sites is 1. The average Bonchev–Trinajstić information content (AvgIpc) is 3.35. The standard InChI is InChI=1S/C29H32FN5/c1-18-10-24-23-6-4-5-7-26(23)33-27(24)28(35(18)17-29(2,3)30)20-8-9-25-21(11-20)12-22(32-25)16-34-14-19(13-31)15-34/h4-9,11-12,18-19,28,32-33H,10,14-17H2,1-3H3/t18-,28-/m1/s1. The van der Waals surface area contributed by atoms with Gasteiger partial charge in [0.25, 0.3) is 0 Å². The molecular weight excluding hydrogens is 437 g/mol. The molecule has 6 heteroatoms. The maximum Gasteiger partial charge on any atom is 0.118 e. The molecule has 0 spiro atoms. The zero-order valence-corrected chi connectivity index (χ0v) is 20.6. The van der Waals surface area contributed by atoms with Gasteiger partial charge in [-0.05, 0) is 62.6 Å². The van der Waals surface area contributed by atoms with Gasteiger partial charge >= 0.3 is 0 Å². The molecule has 2 atom stereocenters. The molecule has 0 radical (unpaired) electrons.